The molecule has 3 N–H and O–H groups in total. The zero-order chi connectivity index (χ0) is 25.2. The van der Waals surface area contributed by atoms with Gasteiger partial charge >= 0.3 is 5.97 Å². The molecule has 1 aliphatic carbocycles. The third-order valence-corrected chi connectivity index (χ3v) is 6.16. The maximum absolute atomic E-state index is 13.3. The number of anilines is 1. The number of hydrogen-bond acceptors (Lipinski definition) is 6. The summed E-state index contributed by atoms with van der Waals surface area (Å²) in [7, 11) is 0. The standard InChI is InChI=1S/C27H37N5O3/c1-4-13-32(14-5-2)27(34)23-16-22-12-11-21(17-24(22)29-25(18-23)30-31-28)20-9-7-19(8-10-20)15-26(33)35-6-3/h7,9,11-12,16-17,25,29H,4-6,8,10,13-15,18H2,1-3H3,(H2,28,30). The van der Waals surface area contributed by atoms with Crippen molar-refractivity contribution in [1.29, 1.82) is 0 Å². The number of ether oxygens (including phenoxy) is 1. The van der Waals surface area contributed by atoms with Crippen molar-refractivity contribution in [3.05, 3.63) is 52.6 Å². The van der Waals surface area contributed by atoms with E-state index in [1.165, 1.54) is 5.57 Å². The van der Waals surface area contributed by atoms with E-state index in [4.69, 9.17) is 10.6 Å². The second-order valence-corrected chi connectivity index (χ2v) is 8.86. The number of carbonyl (C=O) groups excluding carboxylic acids is 2. The smallest absolute Gasteiger partial charge is 0.309 e. The molecule has 8 heteroatoms. The van der Waals surface area contributed by atoms with Crippen LogP contribution in [0.5, 0.6) is 0 Å². The largest absolute Gasteiger partial charge is 0.466 e. The van der Waals surface area contributed by atoms with Gasteiger partial charge in [0.2, 0.25) is 5.91 Å². The van der Waals surface area contributed by atoms with Crippen molar-refractivity contribution in [2.24, 2.45) is 16.2 Å². The van der Waals surface area contributed by atoms with E-state index in [9.17, 15) is 9.59 Å². The summed E-state index contributed by atoms with van der Waals surface area (Å²) in [5.41, 5.74) is 5.90. The first-order valence-electron chi connectivity index (χ1n) is 12.5. The van der Waals surface area contributed by atoms with Crippen LogP contribution in [0.15, 0.2) is 51.8 Å². The van der Waals surface area contributed by atoms with Crippen LogP contribution in [0, 0.1) is 0 Å². The lowest BCUT2D eigenvalue weighted by Gasteiger charge is -2.23. The van der Waals surface area contributed by atoms with Crippen LogP contribution < -0.4 is 11.2 Å². The van der Waals surface area contributed by atoms with Gasteiger partial charge in [-0.05, 0) is 61.4 Å². The minimum atomic E-state index is -0.423. The van der Waals surface area contributed by atoms with Gasteiger partial charge in [0.05, 0.1) is 13.0 Å². The van der Waals surface area contributed by atoms with Crippen molar-refractivity contribution >= 4 is 29.2 Å². The molecule has 1 unspecified atom stereocenters. The summed E-state index contributed by atoms with van der Waals surface area (Å²) < 4.78 is 5.06. The minimum absolute atomic E-state index is 0.0407. The maximum atomic E-state index is 13.3. The second kappa shape index (κ2) is 12.9. The van der Waals surface area contributed by atoms with Crippen molar-refractivity contribution in [3.8, 4) is 0 Å². The zero-order valence-corrected chi connectivity index (χ0v) is 21.0. The van der Waals surface area contributed by atoms with Crippen LogP contribution in [-0.2, 0) is 14.3 Å². The Morgan fingerprint density at radius 1 is 1.14 bits per heavy atom. The molecule has 35 heavy (non-hydrogen) atoms. The highest BCUT2D eigenvalue weighted by Gasteiger charge is 2.25. The Balaban J connectivity index is 1.88. The Kier molecular flexibility index (Phi) is 9.64. The quantitative estimate of drug-likeness (QED) is 0.206. The summed E-state index contributed by atoms with van der Waals surface area (Å²) in [5, 5.41) is 11.0. The lowest BCUT2D eigenvalue weighted by molar-refractivity contribution is -0.142. The fourth-order valence-electron chi connectivity index (χ4n) is 4.52. The lowest BCUT2D eigenvalue weighted by Crippen LogP contribution is -2.34. The van der Waals surface area contributed by atoms with E-state index < -0.39 is 6.17 Å². The van der Waals surface area contributed by atoms with Crippen LogP contribution in [-0.4, -0.2) is 42.6 Å². The molecule has 0 bridgehead atoms. The molecule has 0 saturated carbocycles. The molecule has 1 atom stereocenters. The predicted octanol–water partition coefficient (Wildman–Crippen LogP) is 5.24. The molecule has 1 aromatic rings. The van der Waals surface area contributed by atoms with Gasteiger partial charge < -0.3 is 20.8 Å². The van der Waals surface area contributed by atoms with Gasteiger partial charge in [-0.3, -0.25) is 9.59 Å². The first kappa shape index (κ1) is 26.2. The number of nitrogens with two attached hydrogens (primary N) is 1. The summed E-state index contributed by atoms with van der Waals surface area (Å²) in [5.74, 6) is 5.23. The molecule has 1 aromatic carbocycles. The molecule has 1 amide bonds. The van der Waals surface area contributed by atoms with Gasteiger partial charge in [-0.2, -0.15) is 0 Å². The van der Waals surface area contributed by atoms with Gasteiger partial charge in [0.1, 0.15) is 6.17 Å². The third kappa shape index (κ3) is 7.04. The Labute approximate surface area is 208 Å². The first-order valence-corrected chi connectivity index (χ1v) is 12.5. The molecule has 3 rings (SSSR count). The number of nitrogens with zero attached hydrogens (tertiary/aromatic N) is 3. The predicted molar refractivity (Wildman–Crippen MR) is 139 cm³/mol. The Bertz CT molecular complexity index is 1040. The molecule has 1 heterocycles. The number of nitrogens with one attached hydrogen (secondary N) is 1. The van der Waals surface area contributed by atoms with Crippen LogP contribution in [0.3, 0.4) is 0 Å². The van der Waals surface area contributed by atoms with Crippen LogP contribution in [0.1, 0.15) is 70.4 Å². The van der Waals surface area contributed by atoms with E-state index in [-0.39, 0.29) is 11.9 Å². The van der Waals surface area contributed by atoms with Gasteiger partial charge in [-0.15, -0.1) is 5.11 Å². The highest BCUT2D eigenvalue weighted by atomic mass is 16.5. The van der Waals surface area contributed by atoms with Crippen molar-refractivity contribution in [3.63, 3.8) is 0 Å². The van der Waals surface area contributed by atoms with Crippen LogP contribution in [0.2, 0.25) is 0 Å². The number of benzene rings is 1. The highest BCUT2D eigenvalue weighted by molar-refractivity contribution is 5.99. The average Bonchev–Trinajstić information content (AvgIpc) is 3.03. The van der Waals surface area contributed by atoms with Crippen molar-refractivity contribution in [1.82, 2.24) is 4.90 Å². The van der Waals surface area contributed by atoms with Crippen LogP contribution in [0.25, 0.3) is 11.6 Å². The number of esters is 1. The van der Waals surface area contributed by atoms with E-state index in [0.717, 1.165) is 61.2 Å². The van der Waals surface area contributed by atoms with Gasteiger partial charge in [-0.25, -0.2) is 0 Å². The highest BCUT2D eigenvalue weighted by Crippen LogP contribution is 2.34. The van der Waals surface area contributed by atoms with Gasteiger partial charge in [-0.1, -0.05) is 48.9 Å². The number of allylic oxidation sites excluding steroid dienone is 3. The maximum Gasteiger partial charge on any atom is 0.309 e. The Hall–Kier alpha value is -3.42. The molecule has 0 fully saturated rings. The summed E-state index contributed by atoms with van der Waals surface area (Å²) >= 11 is 0. The minimum Gasteiger partial charge on any atom is -0.466 e. The summed E-state index contributed by atoms with van der Waals surface area (Å²) in [6.45, 7) is 7.83. The number of fused-ring (bicyclic) bond motifs is 1. The fourth-order valence-corrected chi connectivity index (χ4v) is 4.52. The van der Waals surface area contributed by atoms with E-state index in [2.05, 4.69) is 47.7 Å². The summed E-state index contributed by atoms with van der Waals surface area (Å²) in [4.78, 5) is 27.0. The van der Waals surface area contributed by atoms with Crippen LogP contribution >= 0.6 is 0 Å². The molecule has 0 saturated heterocycles. The molecule has 1 aliphatic heterocycles. The summed E-state index contributed by atoms with van der Waals surface area (Å²) in [6, 6.07) is 6.20. The molecule has 0 aromatic heterocycles. The van der Waals surface area contributed by atoms with E-state index >= 15 is 0 Å². The average molecular weight is 480 g/mol. The summed E-state index contributed by atoms with van der Waals surface area (Å²) in [6.07, 6.45) is 9.88. The van der Waals surface area contributed by atoms with Gasteiger partial charge in [0.15, 0.2) is 0 Å². The van der Waals surface area contributed by atoms with E-state index in [1.54, 1.807) is 0 Å². The third-order valence-electron chi connectivity index (χ3n) is 6.16. The van der Waals surface area contributed by atoms with Gasteiger partial charge in [0, 0.05) is 30.8 Å². The van der Waals surface area contributed by atoms with Crippen molar-refractivity contribution < 1.29 is 14.3 Å². The first-order chi connectivity index (χ1) is 17.0. The molecule has 2 aliphatic rings. The molecule has 8 nitrogen and oxygen atoms in total. The molecular formula is C27H37N5O3. The van der Waals surface area contributed by atoms with Gasteiger partial charge in [0.25, 0.3) is 0 Å². The molecule has 188 valence electrons. The normalized spacial score (nSPS) is 17.5. The molecule has 0 radical (unpaired) electrons. The number of rotatable bonds is 10. The van der Waals surface area contributed by atoms with E-state index in [1.807, 2.05) is 30.0 Å². The Morgan fingerprint density at radius 3 is 2.54 bits per heavy atom. The Morgan fingerprint density at radius 2 is 1.91 bits per heavy atom. The SMILES string of the molecule is CCCN(CCC)C(=O)C1=Cc2ccc(C3=CC=C(CC(=O)OCC)CC3)cc2NC(N=NN)C1. The molecular weight excluding hydrogens is 442 g/mol. The van der Waals surface area contributed by atoms with E-state index in [0.29, 0.717) is 25.0 Å². The number of carbonyl (C=O) groups is 2. The van der Waals surface area contributed by atoms with Crippen molar-refractivity contribution in [2.75, 3.05) is 25.0 Å². The molecule has 0 spiro atoms. The fraction of sp³-hybridized carbons (Fsp3) is 0.481. The lowest BCUT2D eigenvalue weighted by atomic mass is 9.91. The van der Waals surface area contributed by atoms with Crippen molar-refractivity contribution in [2.45, 2.75) is 65.5 Å². The monoisotopic (exact) mass is 479 g/mol. The zero-order valence-electron chi connectivity index (χ0n) is 21.0. The second-order valence-electron chi connectivity index (χ2n) is 8.86. The van der Waals surface area contributed by atoms with Crippen LogP contribution in [0.4, 0.5) is 5.69 Å². The number of hydrogen-bond donors (Lipinski definition) is 2. The topological polar surface area (TPSA) is 109 Å². The number of amides is 1.